The number of nitrogens with zero attached hydrogens (tertiary/aromatic N) is 1. The van der Waals surface area contributed by atoms with Gasteiger partial charge in [0.25, 0.3) is 0 Å². The van der Waals surface area contributed by atoms with Crippen LogP contribution in [0.5, 0.6) is 0 Å². The van der Waals surface area contributed by atoms with Crippen LogP contribution in [0.4, 0.5) is 0 Å². The van der Waals surface area contributed by atoms with Gasteiger partial charge in [-0.05, 0) is 49.7 Å². The zero-order valence-corrected chi connectivity index (χ0v) is 13.8. The Morgan fingerprint density at radius 1 is 1.42 bits per heavy atom. The molecule has 1 aromatic rings. The first-order valence-corrected chi connectivity index (χ1v) is 7.08. The van der Waals surface area contributed by atoms with E-state index in [0.29, 0.717) is 0 Å². The number of rotatable bonds is 5. The van der Waals surface area contributed by atoms with Gasteiger partial charge in [-0.3, -0.25) is 4.79 Å². The summed E-state index contributed by atoms with van der Waals surface area (Å²) >= 11 is 3.50. The number of halogens is 1. The number of aryl methyl sites for hydroxylation is 1. The molecule has 0 saturated carbocycles. The summed E-state index contributed by atoms with van der Waals surface area (Å²) in [7, 11) is 3.99. The lowest BCUT2D eigenvalue weighted by molar-refractivity contribution is -0.140. The van der Waals surface area contributed by atoms with E-state index in [2.05, 4.69) is 39.9 Å². The fourth-order valence-electron chi connectivity index (χ4n) is 2.79. The SMILES string of the molecule is Cc1ccc(Br)cc1C(N(C)C)C(C)(C)CC(=O)O. The minimum atomic E-state index is -0.760. The molecule has 0 aliphatic heterocycles. The Bertz CT molecular complexity index is 469. The molecule has 1 aromatic carbocycles. The first kappa shape index (κ1) is 16.2. The van der Waals surface area contributed by atoms with Crippen molar-refractivity contribution in [2.24, 2.45) is 5.41 Å². The highest BCUT2D eigenvalue weighted by atomic mass is 79.9. The summed E-state index contributed by atoms with van der Waals surface area (Å²) in [6.07, 6.45) is 0.141. The molecule has 0 aliphatic rings. The van der Waals surface area contributed by atoms with Gasteiger partial charge < -0.3 is 10.0 Å². The predicted molar refractivity (Wildman–Crippen MR) is 81.3 cm³/mol. The molecule has 0 aromatic heterocycles. The number of hydrogen-bond acceptors (Lipinski definition) is 2. The Balaban J connectivity index is 3.27. The number of aliphatic carboxylic acids is 1. The Morgan fingerprint density at radius 3 is 2.47 bits per heavy atom. The van der Waals surface area contributed by atoms with Crippen LogP contribution in [0.25, 0.3) is 0 Å². The quantitative estimate of drug-likeness (QED) is 0.892. The van der Waals surface area contributed by atoms with Crippen LogP contribution < -0.4 is 0 Å². The van der Waals surface area contributed by atoms with E-state index < -0.39 is 5.97 Å². The molecule has 4 heteroatoms. The van der Waals surface area contributed by atoms with Crippen LogP contribution in [0.1, 0.15) is 37.4 Å². The number of carbonyl (C=O) groups is 1. The van der Waals surface area contributed by atoms with Gasteiger partial charge in [0.1, 0.15) is 0 Å². The van der Waals surface area contributed by atoms with Crippen molar-refractivity contribution in [3.8, 4) is 0 Å². The van der Waals surface area contributed by atoms with E-state index in [9.17, 15) is 4.79 Å². The second-order valence-electron chi connectivity index (χ2n) is 5.93. The predicted octanol–water partition coefficient (Wildman–Crippen LogP) is 3.86. The maximum Gasteiger partial charge on any atom is 0.303 e. The minimum Gasteiger partial charge on any atom is -0.481 e. The highest BCUT2D eigenvalue weighted by Crippen LogP contribution is 2.41. The van der Waals surface area contributed by atoms with Gasteiger partial charge in [0.2, 0.25) is 0 Å². The largest absolute Gasteiger partial charge is 0.481 e. The summed E-state index contributed by atoms with van der Waals surface area (Å²) in [5, 5.41) is 9.12. The molecule has 19 heavy (non-hydrogen) atoms. The van der Waals surface area contributed by atoms with Crippen molar-refractivity contribution in [3.63, 3.8) is 0 Å². The average molecular weight is 328 g/mol. The maximum absolute atomic E-state index is 11.1. The molecule has 1 rings (SSSR count). The van der Waals surface area contributed by atoms with Crippen molar-refractivity contribution in [1.29, 1.82) is 0 Å². The van der Waals surface area contributed by atoms with Crippen molar-refractivity contribution >= 4 is 21.9 Å². The fraction of sp³-hybridized carbons (Fsp3) is 0.533. The highest BCUT2D eigenvalue weighted by Gasteiger charge is 2.35. The van der Waals surface area contributed by atoms with Crippen molar-refractivity contribution < 1.29 is 9.90 Å². The average Bonchev–Trinajstić information content (AvgIpc) is 2.20. The summed E-state index contributed by atoms with van der Waals surface area (Å²) in [4.78, 5) is 13.2. The van der Waals surface area contributed by atoms with Crippen LogP contribution in [0.15, 0.2) is 22.7 Å². The van der Waals surface area contributed by atoms with E-state index in [1.54, 1.807) is 0 Å². The van der Waals surface area contributed by atoms with Gasteiger partial charge in [-0.25, -0.2) is 0 Å². The van der Waals surface area contributed by atoms with Crippen LogP contribution >= 0.6 is 15.9 Å². The lowest BCUT2D eigenvalue weighted by Gasteiger charge is -2.39. The third kappa shape index (κ3) is 4.05. The number of benzene rings is 1. The molecule has 0 spiro atoms. The van der Waals surface area contributed by atoms with Crippen molar-refractivity contribution in [3.05, 3.63) is 33.8 Å². The molecular weight excluding hydrogens is 306 g/mol. The highest BCUT2D eigenvalue weighted by molar-refractivity contribution is 9.10. The van der Waals surface area contributed by atoms with Crippen molar-refractivity contribution in [2.75, 3.05) is 14.1 Å². The van der Waals surface area contributed by atoms with E-state index in [1.165, 1.54) is 11.1 Å². The number of hydrogen-bond donors (Lipinski definition) is 1. The van der Waals surface area contributed by atoms with Crippen molar-refractivity contribution in [1.82, 2.24) is 4.90 Å². The summed E-state index contributed by atoms with van der Waals surface area (Å²) in [6.45, 7) is 6.08. The molecule has 3 nitrogen and oxygen atoms in total. The number of carboxylic acid groups (broad SMARTS) is 1. The normalized spacial score (nSPS) is 13.6. The zero-order valence-electron chi connectivity index (χ0n) is 12.2. The fourth-order valence-corrected chi connectivity index (χ4v) is 3.17. The summed E-state index contributed by atoms with van der Waals surface area (Å²) in [5.74, 6) is -0.760. The Kier molecular flexibility index (Phi) is 5.16. The van der Waals surface area contributed by atoms with Gasteiger partial charge in [0.05, 0.1) is 6.42 Å². The molecule has 1 unspecified atom stereocenters. The smallest absolute Gasteiger partial charge is 0.303 e. The Hall–Kier alpha value is -0.870. The van der Waals surface area contributed by atoms with Gasteiger partial charge >= 0.3 is 5.97 Å². The monoisotopic (exact) mass is 327 g/mol. The molecule has 0 fully saturated rings. The second kappa shape index (κ2) is 6.06. The Morgan fingerprint density at radius 2 is 2.00 bits per heavy atom. The van der Waals surface area contributed by atoms with Gasteiger partial charge in [-0.1, -0.05) is 35.8 Å². The van der Waals surface area contributed by atoms with Crippen molar-refractivity contribution in [2.45, 2.75) is 33.2 Å². The molecule has 1 atom stereocenters. The van der Waals surface area contributed by atoms with E-state index >= 15 is 0 Å². The van der Waals surface area contributed by atoms with Crippen LogP contribution in [0.2, 0.25) is 0 Å². The van der Waals surface area contributed by atoms with Crippen LogP contribution in [-0.2, 0) is 4.79 Å². The first-order valence-electron chi connectivity index (χ1n) is 6.29. The van der Waals surface area contributed by atoms with Gasteiger partial charge in [-0.15, -0.1) is 0 Å². The lowest BCUT2D eigenvalue weighted by Crippen LogP contribution is -2.35. The summed E-state index contributed by atoms with van der Waals surface area (Å²) < 4.78 is 1.02. The second-order valence-corrected chi connectivity index (χ2v) is 6.84. The lowest BCUT2D eigenvalue weighted by atomic mass is 9.76. The molecule has 0 bridgehead atoms. The molecule has 0 aliphatic carbocycles. The van der Waals surface area contributed by atoms with Crippen LogP contribution in [-0.4, -0.2) is 30.1 Å². The molecular formula is C15H22BrNO2. The molecule has 0 amide bonds. The number of carboxylic acids is 1. The van der Waals surface area contributed by atoms with E-state index in [1.807, 2.05) is 34.0 Å². The van der Waals surface area contributed by atoms with E-state index in [-0.39, 0.29) is 17.9 Å². The minimum absolute atomic E-state index is 0.0566. The summed E-state index contributed by atoms with van der Waals surface area (Å²) in [5.41, 5.74) is 2.01. The maximum atomic E-state index is 11.1. The summed E-state index contributed by atoms with van der Waals surface area (Å²) in [6, 6.07) is 6.22. The third-order valence-electron chi connectivity index (χ3n) is 3.40. The van der Waals surface area contributed by atoms with E-state index in [0.717, 1.165) is 4.47 Å². The standard InChI is InChI=1S/C15H22BrNO2/c1-10-6-7-11(16)8-12(10)14(17(4)5)15(2,3)9-13(18)19/h6-8,14H,9H2,1-5H3,(H,18,19). The van der Waals surface area contributed by atoms with Gasteiger partial charge in [0, 0.05) is 10.5 Å². The molecule has 0 saturated heterocycles. The molecule has 1 N–H and O–H groups in total. The van der Waals surface area contributed by atoms with E-state index in [4.69, 9.17) is 5.11 Å². The first-order chi connectivity index (χ1) is 8.65. The van der Waals surface area contributed by atoms with Gasteiger partial charge in [0.15, 0.2) is 0 Å². The van der Waals surface area contributed by atoms with Gasteiger partial charge in [-0.2, -0.15) is 0 Å². The van der Waals surface area contributed by atoms with Crippen LogP contribution in [0.3, 0.4) is 0 Å². The topological polar surface area (TPSA) is 40.5 Å². The Labute approximate surface area is 123 Å². The van der Waals surface area contributed by atoms with Crippen LogP contribution in [0, 0.1) is 12.3 Å². The third-order valence-corrected chi connectivity index (χ3v) is 3.89. The zero-order chi connectivity index (χ0) is 14.8. The molecule has 0 radical (unpaired) electrons. The molecule has 0 heterocycles. The molecule has 106 valence electrons.